The van der Waals surface area contributed by atoms with Crippen LogP contribution < -0.4 is 0 Å². The molecule has 0 aliphatic heterocycles. The van der Waals surface area contributed by atoms with Gasteiger partial charge in [0.15, 0.2) is 6.61 Å². The minimum absolute atomic E-state index is 0.0326. The van der Waals surface area contributed by atoms with Crippen molar-refractivity contribution in [2.45, 2.75) is 0 Å². The van der Waals surface area contributed by atoms with E-state index in [4.69, 9.17) is 9.84 Å². The highest BCUT2D eigenvalue weighted by atomic mass is 127. The van der Waals surface area contributed by atoms with Crippen LogP contribution in [0.3, 0.4) is 0 Å². The number of rotatable bonds is 3. The summed E-state index contributed by atoms with van der Waals surface area (Å²) in [6.07, 6.45) is 0. The first kappa shape index (κ1) is 12.5. The van der Waals surface area contributed by atoms with Crippen molar-refractivity contribution in [1.29, 1.82) is 0 Å². The van der Waals surface area contributed by atoms with Gasteiger partial charge in [-0.15, -0.1) is 0 Å². The molecule has 0 spiro atoms. The van der Waals surface area contributed by atoms with E-state index in [9.17, 15) is 9.59 Å². The van der Waals surface area contributed by atoms with Crippen molar-refractivity contribution in [1.82, 2.24) is 0 Å². The van der Waals surface area contributed by atoms with Gasteiger partial charge in [0.2, 0.25) is 0 Å². The molecular weight excluding hydrogens is 323 g/mol. The number of halogens is 1. The second kappa shape index (κ2) is 6.12. The largest absolute Gasteiger partial charge is 0.478 e. The number of hydrogen-bond acceptors (Lipinski definition) is 3. The van der Waals surface area contributed by atoms with E-state index in [0.717, 1.165) is 0 Å². The fraction of sp³-hybridized carbons (Fsp3) is 0.0909. The highest BCUT2D eigenvalue weighted by Crippen LogP contribution is 2.10. The zero-order valence-corrected chi connectivity index (χ0v) is 10.2. The summed E-state index contributed by atoms with van der Waals surface area (Å²) in [7, 11) is 0. The van der Waals surface area contributed by atoms with Crippen LogP contribution in [0.4, 0.5) is 0 Å². The normalized spacial score (nSPS) is 8.81. The molecular formula is C11H7IO4. The van der Waals surface area contributed by atoms with E-state index >= 15 is 0 Å². The van der Waals surface area contributed by atoms with E-state index in [1.807, 2.05) is 22.6 Å². The average molecular weight is 330 g/mol. The minimum atomic E-state index is -1.16. The first-order valence-corrected chi connectivity index (χ1v) is 5.32. The lowest BCUT2D eigenvalue weighted by Gasteiger charge is -2.03. The predicted octanol–water partition coefficient (Wildman–Crippen LogP) is 1.94. The molecule has 1 aromatic rings. The molecule has 0 bridgehead atoms. The number of esters is 1. The molecule has 0 heterocycles. The number of carboxylic acid groups (broad SMARTS) is 1. The van der Waals surface area contributed by atoms with Gasteiger partial charge in [0, 0.05) is 22.6 Å². The summed E-state index contributed by atoms with van der Waals surface area (Å²) in [6, 6.07) is 5.88. The number of benzene rings is 1. The standard InChI is InChI=1S/C11H7IO4/c12-6-3-7-16-11(15)9-5-2-1-4-8(9)10(13)14/h1-2,4-5H,7H2,(H,13,14). The van der Waals surface area contributed by atoms with Gasteiger partial charge in [-0.1, -0.05) is 18.1 Å². The first-order chi connectivity index (χ1) is 7.66. The van der Waals surface area contributed by atoms with E-state index in [1.54, 1.807) is 12.1 Å². The van der Waals surface area contributed by atoms with Crippen molar-refractivity contribution in [3.8, 4) is 9.85 Å². The van der Waals surface area contributed by atoms with Gasteiger partial charge < -0.3 is 9.84 Å². The summed E-state index contributed by atoms with van der Waals surface area (Å²) >= 11 is 1.82. The van der Waals surface area contributed by atoms with E-state index in [1.165, 1.54) is 12.1 Å². The SMILES string of the molecule is O=C(O)c1ccccc1C(=O)OCC#CI. The Balaban J connectivity index is 2.89. The molecule has 0 radical (unpaired) electrons. The summed E-state index contributed by atoms with van der Waals surface area (Å²) in [5.41, 5.74) is -0.0415. The summed E-state index contributed by atoms with van der Waals surface area (Å²) in [5.74, 6) is 0.701. The van der Waals surface area contributed by atoms with Crippen LogP contribution in [-0.2, 0) is 4.74 Å². The second-order valence-electron chi connectivity index (χ2n) is 2.70. The minimum Gasteiger partial charge on any atom is -0.478 e. The van der Waals surface area contributed by atoms with Gasteiger partial charge in [-0.2, -0.15) is 0 Å². The van der Waals surface area contributed by atoms with Crippen LogP contribution in [0.2, 0.25) is 0 Å². The van der Waals surface area contributed by atoms with Gasteiger partial charge in [-0.3, -0.25) is 0 Å². The third kappa shape index (κ3) is 3.24. The molecule has 16 heavy (non-hydrogen) atoms. The monoisotopic (exact) mass is 330 g/mol. The summed E-state index contributed by atoms with van der Waals surface area (Å²) < 4.78 is 7.32. The van der Waals surface area contributed by atoms with Crippen LogP contribution >= 0.6 is 22.6 Å². The first-order valence-electron chi connectivity index (χ1n) is 4.24. The molecule has 0 saturated carbocycles. The molecule has 0 fully saturated rings. The molecule has 1 rings (SSSR count). The zero-order valence-electron chi connectivity index (χ0n) is 8.07. The Morgan fingerprint density at radius 2 is 1.94 bits per heavy atom. The fourth-order valence-corrected chi connectivity index (χ4v) is 1.21. The molecule has 0 aliphatic rings. The number of carbonyl (C=O) groups excluding carboxylic acids is 1. The van der Waals surface area contributed by atoms with Crippen molar-refractivity contribution in [2.75, 3.05) is 6.61 Å². The molecule has 0 aromatic heterocycles. The maximum Gasteiger partial charge on any atom is 0.339 e. The second-order valence-corrected chi connectivity index (χ2v) is 3.24. The van der Waals surface area contributed by atoms with Gasteiger partial charge in [0.05, 0.1) is 11.1 Å². The third-order valence-electron chi connectivity index (χ3n) is 1.72. The van der Waals surface area contributed by atoms with Crippen molar-refractivity contribution < 1.29 is 19.4 Å². The smallest absolute Gasteiger partial charge is 0.339 e. The van der Waals surface area contributed by atoms with Gasteiger partial charge in [-0.05, 0) is 16.1 Å². The molecule has 0 atom stereocenters. The summed E-state index contributed by atoms with van der Waals surface area (Å²) in [6.45, 7) is -0.0459. The molecule has 1 N–H and O–H groups in total. The molecule has 4 nitrogen and oxygen atoms in total. The Bertz CT molecular complexity index is 470. The van der Waals surface area contributed by atoms with Crippen molar-refractivity contribution in [2.24, 2.45) is 0 Å². The highest BCUT2D eigenvalue weighted by Gasteiger charge is 2.16. The Kier molecular flexibility index (Phi) is 4.79. The van der Waals surface area contributed by atoms with E-state index in [-0.39, 0.29) is 17.7 Å². The predicted molar refractivity (Wildman–Crippen MR) is 65.5 cm³/mol. The number of ether oxygens (including phenoxy) is 1. The number of carbonyl (C=O) groups is 2. The van der Waals surface area contributed by atoms with E-state index < -0.39 is 11.9 Å². The van der Waals surface area contributed by atoms with E-state index in [2.05, 4.69) is 9.85 Å². The topological polar surface area (TPSA) is 63.6 Å². The van der Waals surface area contributed by atoms with Gasteiger partial charge in [0.25, 0.3) is 0 Å². The average Bonchev–Trinajstić information content (AvgIpc) is 2.29. The fourth-order valence-electron chi connectivity index (χ4n) is 1.05. The van der Waals surface area contributed by atoms with Crippen LogP contribution in [0.25, 0.3) is 0 Å². The Hall–Kier alpha value is -1.55. The van der Waals surface area contributed by atoms with Crippen LogP contribution in [0.15, 0.2) is 24.3 Å². The van der Waals surface area contributed by atoms with Crippen molar-refractivity contribution >= 4 is 34.5 Å². The number of aromatic carboxylic acids is 1. The number of hydrogen-bond donors (Lipinski definition) is 1. The molecule has 5 heteroatoms. The Morgan fingerprint density at radius 3 is 2.50 bits per heavy atom. The lowest BCUT2D eigenvalue weighted by atomic mass is 10.1. The quantitative estimate of drug-likeness (QED) is 0.523. The zero-order chi connectivity index (χ0) is 12.0. The maximum absolute atomic E-state index is 11.5. The van der Waals surface area contributed by atoms with E-state index in [0.29, 0.717) is 0 Å². The summed E-state index contributed by atoms with van der Waals surface area (Å²) in [4.78, 5) is 22.3. The molecule has 0 amide bonds. The van der Waals surface area contributed by atoms with Gasteiger partial charge in [0.1, 0.15) is 0 Å². The molecule has 82 valence electrons. The summed E-state index contributed by atoms with van der Waals surface area (Å²) in [5, 5.41) is 8.85. The lowest BCUT2D eigenvalue weighted by Crippen LogP contribution is -2.11. The van der Waals surface area contributed by atoms with Crippen LogP contribution in [0.1, 0.15) is 20.7 Å². The third-order valence-corrected chi connectivity index (χ3v) is 2.10. The molecule has 0 aliphatic carbocycles. The highest BCUT2D eigenvalue weighted by molar-refractivity contribution is 14.1. The van der Waals surface area contributed by atoms with Crippen LogP contribution in [-0.4, -0.2) is 23.7 Å². The van der Waals surface area contributed by atoms with Gasteiger partial charge >= 0.3 is 11.9 Å². The van der Waals surface area contributed by atoms with Crippen molar-refractivity contribution in [3.05, 3.63) is 35.4 Å². The molecule has 0 unspecified atom stereocenters. The Morgan fingerprint density at radius 1 is 1.31 bits per heavy atom. The van der Waals surface area contributed by atoms with Crippen molar-refractivity contribution in [3.63, 3.8) is 0 Å². The molecule has 0 saturated heterocycles. The maximum atomic E-state index is 11.5. The van der Waals surface area contributed by atoms with Gasteiger partial charge in [-0.25, -0.2) is 9.59 Å². The molecule has 1 aromatic carbocycles. The van der Waals surface area contributed by atoms with Crippen LogP contribution in [0, 0.1) is 9.85 Å². The number of carboxylic acids is 1. The Labute approximate surface area is 106 Å². The van der Waals surface area contributed by atoms with Crippen LogP contribution in [0.5, 0.6) is 0 Å². The lowest BCUT2D eigenvalue weighted by molar-refractivity contribution is 0.0543.